The number of hydrogen-bond donors (Lipinski definition) is 1. The molecule has 1 unspecified atom stereocenters. The lowest BCUT2D eigenvalue weighted by Gasteiger charge is -2.13. The molecule has 1 nitrogen and oxygen atoms in total. The minimum absolute atomic E-state index is 0.128. The van der Waals surface area contributed by atoms with Gasteiger partial charge in [0.1, 0.15) is 0 Å². The number of halogens is 4. The lowest BCUT2D eigenvalue weighted by molar-refractivity contribution is -0.124. The molecule has 18 heavy (non-hydrogen) atoms. The zero-order valence-corrected chi connectivity index (χ0v) is 11.5. The third-order valence-corrected chi connectivity index (χ3v) is 3.69. The Labute approximate surface area is 114 Å². The number of alkyl halides is 3. The van der Waals surface area contributed by atoms with Crippen LogP contribution in [0.5, 0.6) is 0 Å². The second kappa shape index (κ2) is 7.26. The molecule has 0 bridgehead atoms. The number of hydrogen-bond acceptors (Lipinski definition) is 2. The van der Waals surface area contributed by atoms with Crippen molar-refractivity contribution in [3.63, 3.8) is 0 Å². The fourth-order valence-corrected chi connectivity index (χ4v) is 2.33. The molecule has 1 aromatic carbocycles. The van der Waals surface area contributed by atoms with Crippen molar-refractivity contribution in [2.24, 2.45) is 0 Å². The van der Waals surface area contributed by atoms with Gasteiger partial charge in [0.25, 0.3) is 0 Å². The molecule has 0 amide bonds. The summed E-state index contributed by atoms with van der Waals surface area (Å²) < 4.78 is 35.7. The normalized spacial score (nSPS) is 13.6. The lowest BCUT2D eigenvalue weighted by atomic mass is 10.2. The molecule has 1 N–H and O–H groups in total. The van der Waals surface area contributed by atoms with Crippen molar-refractivity contribution in [3.8, 4) is 0 Å². The third kappa shape index (κ3) is 7.13. The van der Waals surface area contributed by atoms with Crippen LogP contribution in [-0.4, -0.2) is 24.5 Å². The summed E-state index contributed by atoms with van der Waals surface area (Å²) in [5, 5.41) is 3.22. The summed E-state index contributed by atoms with van der Waals surface area (Å²) in [7, 11) is 0. The molecule has 0 aliphatic carbocycles. The molecule has 1 rings (SSSR count). The number of thioether (sulfide) groups is 1. The van der Waals surface area contributed by atoms with E-state index in [0.717, 1.165) is 11.3 Å². The third-order valence-electron chi connectivity index (χ3n) is 2.21. The summed E-state index contributed by atoms with van der Waals surface area (Å²) in [5.74, 6) is 0.770. The molecule has 0 aliphatic heterocycles. The van der Waals surface area contributed by atoms with Gasteiger partial charge >= 0.3 is 6.18 Å². The molecule has 6 heteroatoms. The van der Waals surface area contributed by atoms with E-state index in [2.05, 4.69) is 5.32 Å². The second-order valence-corrected chi connectivity index (χ2v) is 5.86. The van der Waals surface area contributed by atoms with Gasteiger partial charge in [-0.3, -0.25) is 0 Å². The molecule has 0 spiro atoms. The minimum atomic E-state index is -4.14. The Balaban J connectivity index is 2.21. The summed E-state index contributed by atoms with van der Waals surface area (Å²) >= 11 is 7.38. The molecule has 102 valence electrons. The van der Waals surface area contributed by atoms with Crippen molar-refractivity contribution >= 4 is 23.4 Å². The predicted molar refractivity (Wildman–Crippen MR) is 71.1 cm³/mol. The first-order valence-electron chi connectivity index (χ1n) is 5.50. The van der Waals surface area contributed by atoms with E-state index in [4.69, 9.17) is 11.6 Å². The maximum atomic E-state index is 11.9. The van der Waals surface area contributed by atoms with Crippen LogP contribution < -0.4 is 5.32 Å². The first-order chi connectivity index (χ1) is 8.37. The van der Waals surface area contributed by atoms with Crippen molar-refractivity contribution in [1.82, 2.24) is 5.32 Å². The molecule has 0 aliphatic rings. The van der Waals surface area contributed by atoms with E-state index >= 15 is 0 Å². The molecule has 1 atom stereocenters. The van der Waals surface area contributed by atoms with Crippen LogP contribution in [0.2, 0.25) is 5.02 Å². The molecule has 0 fully saturated rings. The maximum absolute atomic E-state index is 11.9. The Morgan fingerprint density at radius 3 is 2.44 bits per heavy atom. The highest BCUT2D eigenvalue weighted by Gasteiger charge is 2.26. The van der Waals surface area contributed by atoms with Crippen molar-refractivity contribution in [3.05, 3.63) is 34.9 Å². The monoisotopic (exact) mass is 297 g/mol. The highest BCUT2D eigenvalue weighted by atomic mass is 35.5. The molecule has 0 radical (unpaired) electrons. The molecule has 0 saturated carbocycles. The zero-order valence-electron chi connectivity index (χ0n) is 9.93. The molecule has 0 saturated heterocycles. The first kappa shape index (κ1) is 15.7. The highest BCUT2D eigenvalue weighted by molar-refractivity contribution is 7.99. The highest BCUT2D eigenvalue weighted by Crippen LogP contribution is 2.19. The number of nitrogens with one attached hydrogen (secondary N) is 1. The van der Waals surface area contributed by atoms with Crippen LogP contribution >= 0.6 is 23.4 Å². The Morgan fingerprint density at radius 1 is 1.28 bits per heavy atom. The Bertz CT molecular complexity index is 353. The Kier molecular flexibility index (Phi) is 6.32. The SMILES string of the molecule is CC(CNCC(F)(F)F)SCc1ccc(Cl)cc1. The van der Waals surface area contributed by atoms with E-state index in [1.807, 2.05) is 31.2 Å². The van der Waals surface area contributed by atoms with E-state index in [-0.39, 0.29) is 5.25 Å². The standard InChI is InChI=1S/C12H15ClF3NS/c1-9(6-17-8-12(14,15)16)18-7-10-2-4-11(13)5-3-10/h2-5,9,17H,6-8H2,1H3. The van der Waals surface area contributed by atoms with Gasteiger partial charge in [-0.15, -0.1) is 0 Å². The lowest BCUT2D eigenvalue weighted by Crippen LogP contribution is -2.32. The van der Waals surface area contributed by atoms with Crippen molar-refractivity contribution in [2.75, 3.05) is 13.1 Å². The van der Waals surface area contributed by atoms with Gasteiger partial charge in [-0.05, 0) is 17.7 Å². The van der Waals surface area contributed by atoms with Gasteiger partial charge in [0, 0.05) is 22.6 Å². The van der Waals surface area contributed by atoms with Crippen LogP contribution in [-0.2, 0) is 5.75 Å². The van der Waals surface area contributed by atoms with Crippen molar-refractivity contribution < 1.29 is 13.2 Å². The van der Waals surface area contributed by atoms with Crippen LogP contribution in [0.25, 0.3) is 0 Å². The fraction of sp³-hybridized carbons (Fsp3) is 0.500. The summed E-state index contributed by atoms with van der Waals surface area (Å²) in [6.45, 7) is 1.32. The fourth-order valence-electron chi connectivity index (χ4n) is 1.30. The summed E-state index contributed by atoms with van der Waals surface area (Å²) in [6, 6.07) is 7.46. The van der Waals surface area contributed by atoms with Crippen LogP contribution in [0, 0.1) is 0 Å². The molecule has 1 aromatic rings. The van der Waals surface area contributed by atoms with Crippen LogP contribution in [0.3, 0.4) is 0 Å². The van der Waals surface area contributed by atoms with E-state index in [1.54, 1.807) is 11.8 Å². The van der Waals surface area contributed by atoms with Gasteiger partial charge in [-0.25, -0.2) is 0 Å². The van der Waals surface area contributed by atoms with Gasteiger partial charge in [-0.1, -0.05) is 30.7 Å². The maximum Gasteiger partial charge on any atom is 0.401 e. The second-order valence-electron chi connectivity index (χ2n) is 3.99. The average molecular weight is 298 g/mol. The Morgan fingerprint density at radius 2 is 1.89 bits per heavy atom. The average Bonchev–Trinajstić information content (AvgIpc) is 2.26. The van der Waals surface area contributed by atoms with Crippen molar-refractivity contribution in [1.29, 1.82) is 0 Å². The first-order valence-corrected chi connectivity index (χ1v) is 6.93. The topological polar surface area (TPSA) is 12.0 Å². The number of rotatable bonds is 6. The Hall–Kier alpha value is -0.390. The number of benzene rings is 1. The summed E-state index contributed by atoms with van der Waals surface area (Å²) in [6.07, 6.45) is -4.14. The van der Waals surface area contributed by atoms with Gasteiger partial charge in [0.15, 0.2) is 0 Å². The van der Waals surface area contributed by atoms with Crippen LogP contribution in [0.1, 0.15) is 12.5 Å². The largest absolute Gasteiger partial charge is 0.401 e. The van der Waals surface area contributed by atoms with Crippen LogP contribution in [0.4, 0.5) is 13.2 Å². The van der Waals surface area contributed by atoms with Gasteiger partial charge in [-0.2, -0.15) is 24.9 Å². The predicted octanol–water partition coefficient (Wildman–Crippen LogP) is 4.11. The van der Waals surface area contributed by atoms with Gasteiger partial charge in [0.05, 0.1) is 6.54 Å². The molecular formula is C12H15ClF3NS. The van der Waals surface area contributed by atoms with E-state index in [9.17, 15) is 13.2 Å². The van der Waals surface area contributed by atoms with Gasteiger partial charge < -0.3 is 5.32 Å². The van der Waals surface area contributed by atoms with Gasteiger partial charge in [0.2, 0.25) is 0 Å². The molecular weight excluding hydrogens is 283 g/mol. The smallest absolute Gasteiger partial charge is 0.308 e. The molecule has 0 heterocycles. The van der Waals surface area contributed by atoms with E-state index in [0.29, 0.717) is 11.6 Å². The van der Waals surface area contributed by atoms with E-state index < -0.39 is 12.7 Å². The summed E-state index contributed by atoms with van der Waals surface area (Å²) in [4.78, 5) is 0. The van der Waals surface area contributed by atoms with Crippen LogP contribution in [0.15, 0.2) is 24.3 Å². The quantitative estimate of drug-likeness (QED) is 0.848. The zero-order chi connectivity index (χ0) is 13.6. The minimum Gasteiger partial charge on any atom is -0.308 e. The molecule has 0 aromatic heterocycles. The van der Waals surface area contributed by atoms with E-state index in [1.165, 1.54) is 0 Å². The summed E-state index contributed by atoms with van der Waals surface area (Å²) in [5.41, 5.74) is 1.12. The van der Waals surface area contributed by atoms with Crippen molar-refractivity contribution in [2.45, 2.75) is 24.1 Å².